The Labute approximate surface area is 213 Å². The highest BCUT2D eigenvalue weighted by Gasteiger charge is 2.56. The molecule has 0 unspecified atom stereocenters. The molecule has 1 saturated heterocycles. The van der Waals surface area contributed by atoms with E-state index in [2.05, 4.69) is 11.1 Å². The standard InChI is InChI=1S/C28H23Cl2N3O2/c1-28-26-25(20-10-3-5-12-23(20)31-26)21(19-9-2-4-11-22(19)30)15-33(28)24(34)16-32(27(28)35)14-17-7-6-8-18(29)13-17/h2-13,21,31H,14-16H2,1H3/t21-,28+/m1/s1. The van der Waals surface area contributed by atoms with E-state index < -0.39 is 5.54 Å². The minimum Gasteiger partial charge on any atom is -0.356 e. The summed E-state index contributed by atoms with van der Waals surface area (Å²) in [4.78, 5) is 34.6. The average molecular weight is 504 g/mol. The number of fused-ring (bicyclic) bond motifs is 5. The van der Waals surface area contributed by atoms with Gasteiger partial charge in [0, 0.05) is 40.0 Å². The third kappa shape index (κ3) is 3.37. The predicted molar refractivity (Wildman–Crippen MR) is 138 cm³/mol. The van der Waals surface area contributed by atoms with Crippen LogP contribution in [0.3, 0.4) is 0 Å². The largest absolute Gasteiger partial charge is 0.356 e. The first kappa shape index (κ1) is 22.2. The molecule has 0 saturated carbocycles. The smallest absolute Gasteiger partial charge is 0.255 e. The van der Waals surface area contributed by atoms with Crippen LogP contribution in [0.25, 0.3) is 10.9 Å². The maximum Gasteiger partial charge on any atom is 0.255 e. The van der Waals surface area contributed by atoms with E-state index in [1.807, 2.05) is 67.6 Å². The van der Waals surface area contributed by atoms with Crippen molar-refractivity contribution in [2.75, 3.05) is 13.1 Å². The number of carbonyl (C=O) groups excluding carboxylic acids is 2. The van der Waals surface area contributed by atoms with Crippen LogP contribution in [0.2, 0.25) is 10.0 Å². The topological polar surface area (TPSA) is 56.4 Å². The number of benzene rings is 3. The third-order valence-corrected chi connectivity index (χ3v) is 7.94. The van der Waals surface area contributed by atoms with Crippen molar-refractivity contribution in [3.05, 3.63) is 105 Å². The summed E-state index contributed by atoms with van der Waals surface area (Å²) >= 11 is 12.8. The van der Waals surface area contributed by atoms with Crippen LogP contribution < -0.4 is 0 Å². The zero-order valence-corrected chi connectivity index (χ0v) is 20.6. The number of hydrogen-bond donors (Lipinski definition) is 1. The molecule has 0 spiro atoms. The Morgan fingerprint density at radius 3 is 2.57 bits per heavy atom. The first-order valence-electron chi connectivity index (χ1n) is 11.6. The first-order valence-corrected chi connectivity index (χ1v) is 12.3. The Morgan fingerprint density at radius 1 is 1.00 bits per heavy atom. The highest BCUT2D eigenvalue weighted by molar-refractivity contribution is 6.31. The summed E-state index contributed by atoms with van der Waals surface area (Å²) in [5, 5.41) is 2.29. The van der Waals surface area contributed by atoms with Crippen molar-refractivity contribution >= 4 is 45.9 Å². The van der Waals surface area contributed by atoms with Crippen molar-refractivity contribution in [3.63, 3.8) is 0 Å². The Hall–Kier alpha value is -3.28. The molecular formula is C28H23Cl2N3O2. The number of rotatable bonds is 3. The maximum absolute atomic E-state index is 14.1. The lowest BCUT2D eigenvalue weighted by atomic mass is 9.76. The number of aromatic amines is 1. The van der Waals surface area contributed by atoms with E-state index in [4.69, 9.17) is 23.2 Å². The second-order valence-corrected chi connectivity index (χ2v) is 10.2. The third-order valence-electron chi connectivity index (χ3n) is 7.36. The van der Waals surface area contributed by atoms with Gasteiger partial charge in [0.05, 0.1) is 5.69 Å². The Bertz CT molecular complexity index is 1500. The van der Waals surface area contributed by atoms with Crippen molar-refractivity contribution in [1.82, 2.24) is 14.8 Å². The predicted octanol–water partition coefficient (Wildman–Crippen LogP) is 5.71. The van der Waals surface area contributed by atoms with Crippen LogP contribution in [0.1, 0.15) is 35.2 Å². The van der Waals surface area contributed by atoms with Gasteiger partial charge in [-0.2, -0.15) is 0 Å². The summed E-state index contributed by atoms with van der Waals surface area (Å²) in [6.45, 7) is 2.57. The van der Waals surface area contributed by atoms with Gasteiger partial charge in [-0.1, -0.05) is 71.7 Å². The van der Waals surface area contributed by atoms with Crippen LogP contribution >= 0.6 is 23.2 Å². The van der Waals surface area contributed by atoms with Crippen molar-refractivity contribution in [2.24, 2.45) is 0 Å². The van der Waals surface area contributed by atoms with Crippen LogP contribution in [0, 0.1) is 0 Å². The van der Waals surface area contributed by atoms with E-state index in [0.717, 1.165) is 33.3 Å². The van der Waals surface area contributed by atoms with Gasteiger partial charge in [-0.05, 0) is 47.9 Å². The van der Waals surface area contributed by atoms with Crippen molar-refractivity contribution < 1.29 is 9.59 Å². The Morgan fingerprint density at radius 2 is 1.77 bits per heavy atom. The molecule has 6 rings (SSSR count). The summed E-state index contributed by atoms with van der Waals surface area (Å²) in [5.41, 5.74) is 3.40. The number of aromatic nitrogens is 1. The van der Waals surface area contributed by atoms with Gasteiger partial charge in [0.25, 0.3) is 5.91 Å². The molecule has 0 aliphatic carbocycles. The molecule has 4 aromatic rings. The summed E-state index contributed by atoms with van der Waals surface area (Å²) < 4.78 is 0. The molecule has 1 N–H and O–H groups in total. The van der Waals surface area contributed by atoms with Crippen LogP contribution in [0.4, 0.5) is 0 Å². The molecule has 0 bridgehead atoms. The van der Waals surface area contributed by atoms with E-state index in [-0.39, 0.29) is 24.3 Å². The minimum absolute atomic E-state index is 0.0196. The highest BCUT2D eigenvalue weighted by atomic mass is 35.5. The van der Waals surface area contributed by atoms with Gasteiger partial charge in [-0.3, -0.25) is 9.59 Å². The van der Waals surface area contributed by atoms with Crippen LogP contribution in [0.15, 0.2) is 72.8 Å². The van der Waals surface area contributed by atoms with Gasteiger partial charge in [0.15, 0.2) is 5.54 Å². The molecule has 0 radical (unpaired) electrons. The lowest BCUT2D eigenvalue weighted by molar-refractivity contribution is -0.166. The summed E-state index contributed by atoms with van der Waals surface area (Å²) in [6.07, 6.45) is 0. The second-order valence-electron chi connectivity index (χ2n) is 9.40. The molecule has 7 heteroatoms. The molecule has 3 aromatic carbocycles. The van der Waals surface area contributed by atoms with Crippen LogP contribution in [-0.2, 0) is 21.7 Å². The molecule has 2 atom stereocenters. The number of para-hydroxylation sites is 1. The van der Waals surface area contributed by atoms with Crippen molar-refractivity contribution in [1.29, 1.82) is 0 Å². The van der Waals surface area contributed by atoms with Gasteiger partial charge < -0.3 is 14.8 Å². The monoisotopic (exact) mass is 503 g/mol. The first-order chi connectivity index (χ1) is 16.9. The quantitative estimate of drug-likeness (QED) is 0.389. The molecule has 1 fully saturated rings. The van der Waals surface area contributed by atoms with E-state index in [9.17, 15) is 9.59 Å². The fourth-order valence-corrected chi connectivity index (χ4v) is 6.18. The Balaban J connectivity index is 1.52. The van der Waals surface area contributed by atoms with Gasteiger partial charge in [-0.25, -0.2) is 0 Å². The number of halogens is 2. The Kier molecular flexibility index (Phi) is 5.17. The summed E-state index contributed by atoms with van der Waals surface area (Å²) in [5.74, 6) is -0.350. The van der Waals surface area contributed by atoms with Gasteiger partial charge in [0.2, 0.25) is 5.91 Å². The maximum atomic E-state index is 14.1. The molecule has 176 valence electrons. The molecule has 2 aliphatic rings. The van der Waals surface area contributed by atoms with Crippen LogP contribution in [-0.4, -0.2) is 39.7 Å². The number of nitrogens with one attached hydrogen (secondary N) is 1. The molecule has 1 aromatic heterocycles. The molecule has 2 amide bonds. The van der Waals surface area contributed by atoms with E-state index in [0.29, 0.717) is 23.1 Å². The average Bonchev–Trinajstić information content (AvgIpc) is 3.24. The lowest BCUT2D eigenvalue weighted by Gasteiger charge is -2.51. The minimum atomic E-state index is -1.15. The fourth-order valence-electron chi connectivity index (χ4n) is 5.70. The van der Waals surface area contributed by atoms with E-state index >= 15 is 0 Å². The van der Waals surface area contributed by atoms with E-state index in [1.54, 1.807) is 15.9 Å². The zero-order chi connectivity index (χ0) is 24.3. The SMILES string of the molecule is C[C@]12C(=O)N(Cc3cccc(Cl)c3)CC(=O)N1C[C@H](c1ccccc1Cl)c1c2[nH]c2ccccc12. The van der Waals surface area contributed by atoms with Gasteiger partial charge in [0.1, 0.15) is 6.54 Å². The zero-order valence-electron chi connectivity index (χ0n) is 19.1. The number of piperazine rings is 1. The molecule has 3 heterocycles. The molecule has 35 heavy (non-hydrogen) atoms. The number of H-pyrrole nitrogens is 1. The van der Waals surface area contributed by atoms with Gasteiger partial charge >= 0.3 is 0 Å². The summed E-state index contributed by atoms with van der Waals surface area (Å²) in [7, 11) is 0. The number of carbonyl (C=O) groups is 2. The van der Waals surface area contributed by atoms with Gasteiger partial charge in [-0.15, -0.1) is 0 Å². The van der Waals surface area contributed by atoms with Crippen molar-refractivity contribution in [3.8, 4) is 0 Å². The number of amides is 2. The van der Waals surface area contributed by atoms with Crippen LogP contribution in [0.5, 0.6) is 0 Å². The highest BCUT2D eigenvalue weighted by Crippen LogP contribution is 2.49. The number of nitrogens with zero attached hydrogens (tertiary/aromatic N) is 2. The number of hydrogen-bond acceptors (Lipinski definition) is 2. The molecule has 5 nitrogen and oxygen atoms in total. The normalized spacial score (nSPS) is 21.9. The molecular weight excluding hydrogens is 481 g/mol. The van der Waals surface area contributed by atoms with Crippen molar-refractivity contribution in [2.45, 2.75) is 24.9 Å². The second kappa shape index (κ2) is 8.14. The van der Waals surface area contributed by atoms with E-state index in [1.165, 1.54) is 0 Å². The lowest BCUT2D eigenvalue weighted by Crippen LogP contribution is -2.67. The summed E-state index contributed by atoms with van der Waals surface area (Å²) in [6, 6.07) is 23.2. The molecule has 2 aliphatic heterocycles. The fraction of sp³-hybridized carbons (Fsp3) is 0.214.